The summed E-state index contributed by atoms with van der Waals surface area (Å²) in [6, 6.07) is 0. The van der Waals surface area contributed by atoms with Crippen LogP contribution in [0.15, 0.2) is 0 Å². The minimum Gasteiger partial charge on any atom is 0 e. The van der Waals surface area contributed by atoms with Crippen LogP contribution in [0.4, 0.5) is 0 Å². The van der Waals surface area contributed by atoms with Gasteiger partial charge in [0.15, 0.2) is 0 Å². The molecule has 13 valence electrons. The molecule has 4 heavy (non-hydrogen) atoms. The first-order chi connectivity index (χ1) is 0. The van der Waals surface area contributed by atoms with Crippen molar-refractivity contribution >= 4 is 47.6 Å². The summed E-state index contributed by atoms with van der Waals surface area (Å²) in [5, 5.41) is 0. The Morgan fingerprint density at radius 2 is 0.750 bits per heavy atom. The van der Waals surface area contributed by atoms with Gasteiger partial charge < -0.3 is 0 Å². The molecule has 0 nitrogen and oxygen atoms in total. The second kappa shape index (κ2) is 19.2. The van der Waals surface area contributed by atoms with E-state index in [1.54, 1.807) is 0 Å². The van der Waals surface area contributed by atoms with Crippen LogP contribution in [-0.2, 0) is 17.4 Å². The molecule has 0 amide bonds. The number of hydrogen-bond donors (Lipinski definition) is 0. The molecular formula is CrLi2P. The quantitative estimate of drug-likeness (QED) is 0.297. The molecule has 0 fully saturated rings. The summed E-state index contributed by atoms with van der Waals surface area (Å²) in [7, 11) is 0. The van der Waals surface area contributed by atoms with E-state index in [9.17, 15) is 0 Å². The largest absolute Gasteiger partial charge is 0 e. The Morgan fingerprint density at radius 1 is 0.750 bits per heavy atom. The van der Waals surface area contributed by atoms with Crippen LogP contribution in [0.25, 0.3) is 0 Å². The molecule has 0 aliphatic heterocycles. The Bertz CT molecular complexity index is 6.00. The molecule has 0 rings (SSSR count). The average Bonchev–Trinajstić information content (AvgIpc) is 0. The molecule has 0 aliphatic carbocycles. The topological polar surface area (TPSA) is 0 Å². The van der Waals surface area contributed by atoms with Crippen LogP contribution in [-0.4, -0.2) is 37.7 Å². The molecule has 0 aliphatic rings. The summed E-state index contributed by atoms with van der Waals surface area (Å²) >= 11 is 0. The summed E-state index contributed by atoms with van der Waals surface area (Å²) < 4.78 is 0. The van der Waals surface area contributed by atoms with E-state index in [0.717, 1.165) is 0 Å². The first kappa shape index (κ1) is 35.2. The maximum Gasteiger partial charge on any atom is 0 e. The van der Waals surface area contributed by atoms with E-state index >= 15 is 0 Å². The molecule has 4 heteroatoms. The summed E-state index contributed by atoms with van der Waals surface area (Å²) in [5.41, 5.74) is 0. The van der Waals surface area contributed by atoms with Crippen molar-refractivity contribution < 1.29 is 17.4 Å². The minimum absolute atomic E-state index is 0. The standard InChI is InChI=1S/Cr.2Li.P. The summed E-state index contributed by atoms with van der Waals surface area (Å²) in [6.07, 6.45) is 0. The van der Waals surface area contributed by atoms with Crippen molar-refractivity contribution in [3.63, 3.8) is 0 Å². The van der Waals surface area contributed by atoms with Crippen LogP contribution >= 0.6 is 9.90 Å². The van der Waals surface area contributed by atoms with E-state index in [0.29, 0.717) is 0 Å². The zero-order valence-corrected chi connectivity index (χ0v) is 5.02. The van der Waals surface area contributed by atoms with Crippen molar-refractivity contribution in [1.82, 2.24) is 0 Å². The second-order valence-corrected chi connectivity index (χ2v) is 0. The Morgan fingerprint density at radius 3 is 0.750 bits per heavy atom. The molecule has 0 aromatic rings. The van der Waals surface area contributed by atoms with Gasteiger partial charge in [-0.2, -0.15) is 0 Å². The Labute approximate surface area is 64.6 Å². The van der Waals surface area contributed by atoms with E-state index in [-0.39, 0.29) is 65.0 Å². The summed E-state index contributed by atoms with van der Waals surface area (Å²) in [6.45, 7) is 0. The predicted octanol–water partition coefficient (Wildman–Crippen LogP) is 0.0971. The van der Waals surface area contributed by atoms with Crippen molar-refractivity contribution in [1.29, 1.82) is 0 Å². The van der Waals surface area contributed by atoms with Gasteiger partial charge in [-0.1, -0.05) is 0 Å². The van der Waals surface area contributed by atoms with Crippen LogP contribution in [0.1, 0.15) is 0 Å². The average molecular weight is 96.9 g/mol. The zero-order valence-electron chi connectivity index (χ0n) is 2.86. The van der Waals surface area contributed by atoms with Crippen LogP contribution in [0.3, 0.4) is 0 Å². The maximum atomic E-state index is 0. The third-order valence-corrected chi connectivity index (χ3v) is 0. The van der Waals surface area contributed by atoms with E-state index in [4.69, 9.17) is 0 Å². The van der Waals surface area contributed by atoms with Gasteiger partial charge in [-0.25, -0.2) is 0 Å². The third-order valence-electron chi connectivity index (χ3n) is 0. The summed E-state index contributed by atoms with van der Waals surface area (Å²) in [5.74, 6) is 0. The van der Waals surface area contributed by atoms with Crippen molar-refractivity contribution in [2.45, 2.75) is 0 Å². The van der Waals surface area contributed by atoms with Crippen molar-refractivity contribution in [2.75, 3.05) is 0 Å². The van der Waals surface area contributed by atoms with Gasteiger partial charge in [0.05, 0.1) is 0 Å². The van der Waals surface area contributed by atoms with Crippen molar-refractivity contribution in [2.24, 2.45) is 0 Å². The molecule has 0 heterocycles. The summed E-state index contributed by atoms with van der Waals surface area (Å²) in [4.78, 5) is 0. The van der Waals surface area contributed by atoms with Crippen LogP contribution in [0.2, 0.25) is 0 Å². The van der Waals surface area contributed by atoms with Gasteiger partial charge in [0.2, 0.25) is 0 Å². The fraction of sp³-hybridized carbons (Fsp3) is 0. The van der Waals surface area contributed by atoms with Crippen molar-refractivity contribution in [3.8, 4) is 0 Å². The van der Waals surface area contributed by atoms with Crippen LogP contribution in [0, 0.1) is 0 Å². The monoisotopic (exact) mass is 96.9 g/mol. The molecule has 0 saturated heterocycles. The van der Waals surface area contributed by atoms with Gasteiger partial charge in [0.1, 0.15) is 0 Å². The van der Waals surface area contributed by atoms with E-state index in [2.05, 4.69) is 0 Å². The molecule has 0 aromatic heterocycles. The molecular weight excluding hydrogens is 96.9 g/mol. The molecule has 0 N–H and O–H groups in total. The van der Waals surface area contributed by atoms with Gasteiger partial charge in [0.25, 0.3) is 0 Å². The molecule has 0 spiro atoms. The van der Waals surface area contributed by atoms with Gasteiger partial charge in [0, 0.05) is 65.0 Å². The first-order valence-electron chi connectivity index (χ1n) is 0. The van der Waals surface area contributed by atoms with Crippen LogP contribution < -0.4 is 0 Å². The molecule has 5 radical (unpaired) electrons. The Balaban J connectivity index is 0. The normalized spacial score (nSPS) is 0. The van der Waals surface area contributed by atoms with Crippen LogP contribution in [0.5, 0.6) is 0 Å². The first-order valence-corrected chi connectivity index (χ1v) is 0. The number of rotatable bonds is 0. The predicted molar refractivity (Wildman–Crippen MR) is 18.4 cm³/mol. The Hall–Kier alpha value is 2.16. The molecule has 0 atom stereocenters. The third kappa shape index (κ3) is 8.90. The fourth-order valence-electron chi connectivity index (χ4n) is 0. The smallest absolute Gasteiger partial charge is 0 e. The van der Waals surface area contributed by atoms with Crippen molar-refractivity contribution in [3.05, 3.63) is 0 Å². The molecule has 0 bridgehead atoms. The second-order valence-electron chi connectivity index (χ2n) is 0. The van der Waals surface area contributed by atoms with Gasteiger partial charge in [-0.15, -0.1) is 0 Å². The van der Waals surface area contributed by atoms with E-state index in [1.165, 1.54) is 0 Å². The molecule has 0 saturated carbocycles. The Kier molecular flexibility index (Phi) is 168. The SMILES string of the molecule is [Cr].[Li].[Li].[P]. The fourth-order valence-corrected chi connectivity index (χ4v) is 0. The van der Waals surface area contributed by atoms with Gasteiger partial charge in [-0.3, -0.25) is 0 Å². The number of hydrogen-bond acceptors (Lipinski definition) is 0. The molecule has 0 aromatic carbocycles. The maximum absolute atomic E-state index is 0. The van der Waals surface area contributed by atoms with Gasteiger partial charge in [-0.05, 0) is 0 Å². The molecule has 0 unspecified atom stereocenters. The minimum atomic E-state index is 0. The zero-order chi connectivity index (χ0) is 0. The van der Waals surface area contributed by atoms with Gasteiger partial charge >= 0.3 is 0 Å². The van der Waals surface area contributed by atoms with E-state index in [1.807, 2.05) is 0 Å². The van der Waals surface area contributed by atoms with E-state index < -0.39 is 0 Å².